The van der Waals surface area contributed by atoms with Crippen LogP contribution in [0.25, 0.3) is 16.9 Å². The minimum absolute atomic E-state index is 0.0688. The van der Waals surface area contributed by atoms with Crippen molar-refractivity contribution in [3.8, 4) is 23.0 Å². The summed E-state index contributed by atoms with van der Waals surface area (Å²) in [5, 5.41) is 6.95. The first kappa shape index (κ1) is 21.0. The maximum Gasteiger partial charge on any atom is 0.573 e. The molecule has 0 fully saturated rings. The molecule has 12 heteroatoms. The molecule has 0 unspecified atom stereocenters. The van der Waals surface area contributed by atoms with Gasteiger partial charge in [0.1, 0.15) is 11.6 Å². The van der Waals surface area contributed by atoms with Crippen molar-refractivity contribution >= 4 is 17.4 Å². The third-order valence-corrected chi connectivity index (χ3v) is 4.31. The molecule has 1 aromatic carbocycles. The van der Waals surface area contributed by atoms with Gasteiger partial charge in [-0.05, 0) is 37.3 Å². The van der Waals surface area contributed by atoms with Crippen LogP contribution in [0.5, 0.6) is 11.8 Å². The summed E-state index contributed by atoms with van der Waals surface area (Å²) in [7, 11) is 1.39. The number of rotatable bonds is 5. The summed E-state index contributed by atoms with van der Waals surface area (Å²) < 4.78 is 48.7. The molecule has 0 bridgehead atoms. The van der Waals surface area contributed by atoms with Crippen molar-refractivity contribution in [2.45, 2.75) is 13.3 Å². The molecule has 32 heavy (non-hydrogen) atoms. The standard InChI is InChI=1S/C20H15F3N6O3/c1-11-17(18(30)26-15-9-10-24-19(27-15)31-2)29-16(25-11)8-7-13(28-29)12-5-3-4-6-14(12)32-20(21,22)23/h3-10H,1-2H3,(H,24,26,27,30). The fraction of sp³-hybridized carbons (Fsp3) is 0.150. The smallest absolute Gasteiger partial charge is 0.467 e. The summed E-state index contributed by atoms with van der Waals surface area (Å²) in [6, 6.07) is 10.2. The number of aromatic nitrogens is 5. The van der Waals surface area contributed by atoms with Crippen LogP contribution in [-0.2, 0) is 0 Å². The van der Waals surface area contributed by atoms with E-state index in [4.69, 9.17) is 4.74 Å². The number of halogens is 3. The molecule has 0 saturated heterocycles. The zero-order chi connectivity index (χ0) is 22.9. The number of ether oxygens (including phenoxy) is 2. The molecule has 9 nitrogen and oxygen atoms in total. The first-order chi connectivity index (χ1) is 15.2. The Morgan fingerprint density at radius 1 is 1.09 bits per heavy atom. The number of imidazole rings is 1. The molecule has 4 rings (SSSR count). The van der Waals surface area contributed by atoms with Crippen LogP contribution in [-0.4, -0.2) is 43.9 Å². The number of benzene rings is 1. The van der Waals surface area contributed by atoms with Gasteiger partial charge in [-0.15, -0.1) is 13.2 Å². The van der Waals surface area contributed by atoms with Crippen LogP contribution < -0.4 is 14.8 Å². The van der Waals surface area contributed by atoms with Gasteiger partial charge in [0, 0.05) is 11.8 Å². The lowest BCUT2D eigenvalue weighted by molar-refractivity contribution is -0.274. The van der Waals surface area contributed by atoms with Crippen LogP contribution in [0.1, 0.15) is 16.2 Å². The number of aryl methyl sites for hydroxylation is 1. The fourth-order valence-electron chi connectivity index (χ4n) is 3.02. The first-order valence-electron chi connectivity index (χ1n) is 9.15. The van der Waals surface area contributed by atoms with Crippen molar-refractivity contribution in [1.82, 2.24) is 24.6 Å². The number of alkyl halides is 3. The van der Waals surface area contributed by atoms with Crippen LogP contribution in [0.3, 0.4) is 0 Å². The van der Waals surface area contributed by atoms with Crippen LogP contribution in [0.2, 0.25) is 0 Å². The molecule has 0 aliphatic heterocycles. The zero-order valence-electron chi connectivity index (χ0n) is 16.7. The Morgan fingerprint density at radius 3 is 2.62 bits per heavy atom. The quantitative estimate of drug-likeness (QED) is 0.501. The predicted octanol–water partition coefficient (Wildman–Crippen LogP) is 3.65. The highest BCUT2D eigenvalue weighted by Gasteiger charge is 2.32. The van der Waals surface area contributed by atoms with E-state index in [0.717, 1.165) is 0 Å². The van der Waals surface area contributed by atoms with Crippen molar-refractivity contribution in [3.63, 3.8) is 0 Å². The Balaban J connectivity index is 1.74. The maximum absolute atomic E-state index is 12.9. The Kier molecular flexibility index (Phi) is 5.34. The number of anilines is 1. The van der Waals surface area contributed by atoms with E-state index in [1.165, 1.54) is 48.2 Å². The van der Waals surface area contributed by atoms with E-state index in [1.807, 2.05) is 0 Å². The molecule has 0 atom stereocenters. The molecule has 0 radical (unpaired) electrons. The van der Waals surface area contributed by atoms with Crippen molar-refractivity contribution < 1.29 is 27.4 Å². The molecule has 3 heterocycles. The topological polar surface area (TPSA) is 104 Å². The van der Waals surface area contributed by atoms with Crippen molar-refractivity contribution in [3.05, 3.63) is 60.0 Å². The van der Waals surface area contributed by atoms with Crippen molar-refractivity contribution in [2.75, 3.05) is 12.4 Å². The minimum Gasteiger partial charge on any atom is -0.467 e. The Hall–Kier alpha value is -4.22. The van der Waals surface area contributed by atoms with Gasteiger partial charge in [0.2, 0.25) is 0 Å². The molecule has 0 aliphatic rings. The summed E-state index contributed by atoms with van der Waals surface area (Å²) in [6.07, 6.45) is -3.45. The van der Waals surface area contributed by atoms with Gasteiger partial charge in [-0.3, -0.25) is 4.79 Å². The Morgan fingerprint density at radius 2 is 1.88 bits per heavy atom. The number of hydrogen-bond acceptors (Lipinski definition) is 7. The van der Waals surface area contributed by atoms with E-state index < -0.39 is 18.0 Å². The third kappa shape index (κ3) is 4.29. The monoisotopic (exact) mass is 444 g/mol. The van der Waals surface area contributed by atoms with Crippen molar-refractivity contribution in [2.24, 2.45) is 0 Å². The van der Waals surface area contributed by atoms with Crippen LogP contribution in [0.4, 0.5) is 19.0 Å². The molecule has 0 aliphatic carbocycles. The van der Waals surface area contributed by atoms with E-state index in [2.05, 4.69) is 30.1 Å². The molecular formula is C20H15F3N6O3. The van der Waals surface area contributed by atoms with E-state index >= 15 is 0 Å². The number of hydrogen-bond donors (Lipinski definition) is 1. The van der Waals surface area contributed by atoms with E-state index in [9.17, 15) is 18.0 Å². The van der Waals surface area contributed by atoms with Crippen molar-refractivity contribution in [1.29, 1.82) is 0 Å². The second-order valence-corrected chi connectivity index (χ2v) is 6.46. The lowest BCUT2D eigenvalue weighted by atomic mass is 10.1. The van der Waals surface area contributed by atoms with Crippen LogP contribution in [0.15, 0.2) is 48.7 Å². The van der Waals surface area contributed by atoms with Gasteiger partial charge in [-0.2, -0.15) is 10.1 Å². The van der Waals surface area contributed by atoms with E-state index in [0.29, 0.717) is 11.3 Å². The molecular weight excluding hydrogens is 429 g/mol. The molecule has 0 spiro atoms. The number of methoxy groups -OCH3 is 1. The van der Waals surface area contributed by atoms with Gasteiger partial charge in [0.25, 0.3) is 5.91 Å². The average molecular weight is 444 g/mol. The second kappa shape index (κ2) is 8.13. The van der Waals surface area contributed by atoms with E-state index in [-0.39, 0.29) is 28.8 Å². The van der Waals surface area contributed by atoms with Gasteiger partial charge in [0.15, 0.2) is 11.3 Å². The summed E-state index contributed by atoms with van der Waals surface area (Å²) in [5.74, 6) is -0.792. The lowest BCUT2D eigenvalue weighted by Gasteiger charge is -2.13. The highest BCUT2D eigenvalue weighted by atomic mass is 19.4. The van der Waals surface area contributed by atoms with Crippen LogP contribution in [0, 0.1) is 6.92 Å². The minimum atomic E-state index is -4.87. The molecule has 3 aromatic heterocycles. The Labute approximate surface area is 178 Å². The lowest BCUT2D eigenvalue weighted by Crippen LogP contribution is -2.18. The zero-order valence-corrected chi connectivity index (χ0v) is 16.7. The number of nitrogens with one attached hydrogen (secondary N) is 1. The molecule has 0 saturated carbocycles. The second-order valence-electron chi connectivity index (χ2n) is 6.46. The Bertz CT molecular complexity index is 1310. The average Bonchev–Trinajstić information content (AvgIpc) is 3.08. The first-order valence-corrected chi connectivity index (χ1v) is 9.15. The number of carbonyl (C=O) groups is 1. The SMILES string of the molecule is COc1nccc(NC(=O)c2c(C)nc3ccc(-c4ccccc4OC(F)(F)F)nn23)n1. The summed E-state index contributed by atoms with van der Waals surface area (Å²) in [6.45, 7) is 1.62. The number of amides is 1. The third-order valence-electron chi connectivity index (χ3n) is 4.31. The van der Waals surface area contributed by atoms with Crippen LogP contribution >= 0.6 is 0 Å². The largest absolute Gasteiger partial charge is 0.573 e. The van der Waals surface area contributed by atoms with Gasteiger partial charge in [0.05, 0.1) is 18.5 Å². The normalized spacial score (nSPS) is 11.4. The molecule has 1 N–H and O–H groups in total. The van der Waals surface area contributed by atoms with Gasteiger partial charge in [-0.1, -0.05) is 12.1 Å². The molecule has 1 amide bonds. The predicted molar refractivity (Wildman–Crippen MR) is 106 cm³/mol. The summed E-state index contributed by atoms with van der Waals surface area (Å²) >= 11 is 0. The summed E-state index contributed by atoms with van der Waals surface area (Å²) in [4.78, 5) is 25.1. The molecule has 4 aromatic rings. The van der Waals surface area contributed by atoms with Gasteiger partial charge >= 0.3 is 12.4 Å². The molecule has 164 valence electrons. The number of fused-ring (bicyclic) bond motifs is 1. The number of carbonyl (C=O) groups excluding carboxylic acids is 1. The fourth-order valence-corrected chi connectivity index (χ4v) is 3.02. The van der Waals surface area contributed by atoms with Gasteiger partial charge in [-0.25, -0.2) is 14.5 Å². The number of nitrogens with zero attached hydrogens (tertiary/aromatic N) is 5. The highest BCUT2D eigenvalue weighted by molar-refractivity contribution is 6.03. The highest BCUT2D eigenvalue weighted by Crippen LogP contribution is 2.33. The number of para-hydroxylation sites is 1. The van der Waals surface area contributed by atoms with Gasteiger partial charge < -0.3 is 14.8 Å². The maximum atomic E-state index is 12.9. The van der Waals surface area contributed by atoms with E-state index in [1.54, 1.807) is 19.1 Å². The summed E-state index contributed by atoms with van der Waals surface area (Å²) in [5.41, 5.74) is 1.06.